The van der Waals surface area contributed by atoms with Gasteiger partial charge in [-0.1, -0.05) is 12.1 Å². The van der Waals surface area contributed by atoms with Crippen LogP contribution in [0.15, 0.2) is 4.52 Å². The predicted octanol–water partition coefficient (Wildman–Crippen LogP) is 2.93. The molecule has 1 rings (SSSR count). The van der Waals surface area contributed by atoms with Crippen LogP contribution in [0.3, 0.4) is 0 Å². The number of rotatable bonds is 6. The zero-order chi connectivity index (χ0) is 13.8. The van der Waals surface area contributed by atoms with Gasteiger partial charge in [0.05, 0.1) is 5.54 Å². The average Bonchev–Trinajstić information content (AvgIpc) is 2.65. The van der Waals surface area contributed by atoms with E-state index in [0.717, 1.165) is 6.42 Å². The van der Waals surface area contributed by atoms with Crippen LogP contribution in [0.2, 0.25) is 0 Å². The standard InChI is InChI=1S/C11H18F3N3O/c1-3-5-8-16-9(17-18-8)10(2,15)6-4-7-11(12,13)14/h3-7,15H2,1-2H3. The van der Waals surface area contributed by atoms with Gasteiger partial charge in [0.15, 0.2) is 5.82 Å². The summed E-state index contributed by atoms with van der Waals surface area (Å²) < 4.78 is 41.1. The van der Waals surface area contributed by atoms with Crippen molar-refractivity contribution >= 4 is 0 Å². The van der Waals surface area contributed by atoms with Crippen LogP contribution in [0.5, 0.6) is 0 Å². The Labute approximate surface area is 104 Å². The van der Waals surface area contributed by atoms with E-state index in [1.54, 1.807) is 6.92 Å². The third-order valence-corrected chi connectivity index (χ3v) is 2.60. The molecule has 0 fully saturated rings. The van der Waals surface area contributed by atoms with Crippen LogP contribution in [0.4, 0.5) is 13.2 Å². The highest BCUT2D eigenvalue weighted by molar-refractivity contribution is 5.01. The lowest BCUT2D eigenvalue weighted by Crippen LogP contribution is -2.34. The van der Waals surface area contributed by atoms with E-state index in [1.807, 2.05) is 6.92 Å². The van der Waals surface area contributed by atoms with Crippen LogP contribution in [-0.2, 0) is 12.0 Å². The highest BCUT2D eigenvalue weighted by Crippen LogP contribution is 2.27. The van der Waals surface area contributed by atoms with Gasteiger partial charge in [-0.05, 0) is 26.2 Å². The van der Waals surface area contributed by atoms with Gasteiger partial charge in [0.25, 0.3) is 0 Å². The van der Waals surface area contributed by atoms with E-state index in [1.165, 1.54) is 0 Å². The van der Waals surface area contributed by atoms with Crippen LogP contribution < -0.4 is 5.73 Å². The fourth-order valence-corrected chi connectivity index (χ4v) is 1.57. The number of hydrogen-bond acceptors (Lipinski definition) is 4. The second kappa shape index (κ2) is 5.69. The molecule has 0 aliphatic carbocycles. The quantitative estimate of drug-likeness (QED) is 0.858. The normalized spacial score (nSPS) is 15.7. The van der Waals surface area contributed by atoms with Crippen molar-refractivity contribution in [2.24, 2.45) is 5.73 Å². The van der Waals surface area contributed by atoms with Crippen molar-refractivity contribution in [2.45, 2.75) is 57.7 Å². The molecule has 1 heterocycles. The summed E-state index contributed by atoms with van der Waals surface area (Å²) in [6, 6.07) is 0. The molecule has 0 aliphatic rings. The van der Waals surface area contributed by atoms with E-state index in [2.05, 4.69) is 10.1 Å². The lowest BCUT2D eigenvalue weighted by molar-refractivity contribution is -0.136. The van der Waals surface area contributed by atoms with Gasteiger partial charge in [-0.2, -0.15) is 18.2 Å². The second-order valence-corrected chi connectivity index (χ2v) is 4.65. The average molecular weight is 265 g/mol. The minimum absolute atomic E-state index is 0.0475. The van der Waals surface area contributed by atoms with Crippen molar-refractivity contribution in [1.82, 2.24) is 10.1 Å². The molecule has 18 heavy (non-hydrogen) atoms. The Bertz CT molecular complexity index is 374. The monoisotopic (exact) mass is 265 g/mol. The zero-order valence-corrected chi connectivity index (χ0v) is 10.5. The maximum atomic E-state index is 12.0. The van der Waals surface area contributed by atoms with Gasteiger partial charge >= 0.3 is 6.18 Å². The Morgan fingerprint density at radius 3 is 2.50 bits per heavy atom. The first-order valence-corrected chi connectivity index (χ1v) is 5.93. The van der Waals surface area contributed by atoms with Gasteiger partial charge in [0, 0.05) is 12.8 Å². The smallest absolute Gasteiger partial charge is 0.339 e. The molecule has 7 heteroatoms. The second-order valence-electron chi connectivity index (χ2n) is 4.65. The van der Waals surface area contributed by atoms with Crippen molar-refractivity contribution in [3.05, 3.63) is 11.7 Å². The molecule has 2 N–H and O–H groups in total. The van der Waals surface area contributed by atoms with Crippen molar-refractivity contribution in [3.63, 3.8) is 0 Å². The molecule has 0 radical (unpaired) electrons. The molecule has 1 unspecified atom stereocenters. The summed E-state index contributed by atoms with van der Waals surface area (Å²) in [6.07, 6.45) is -3.38. The maximum Gasteiger partial charge on any atom is 0.389 e. The molecule has 0 saturated heterocycles. The van der Waals surface area contributed by atoms with Crippen LogP contribution in [-0.4, -0.2) is 16.3 Å². The summed E-state index contributed by atoms with van der Waals surface area (Å²) in [4.78, 5) is 4.10. The Balaban J connectivity index is 2.56. The lowest BCUT2D eigenvalue weighted by atomic mass is 9.95. The topological polar surface area (TPSA) is 64.9 Å². The number of nitrogens with two attached hydrogens (primary N) is 1. The van der Waals surface area contributed by atoms with Gasteiger partial charge in [0.1, 0.15) is 0 Å². The van der Waals surface area contributed by atoms with Crippen LogP contribution in [0.1, 0.15) is 51.2 Å². The van der Waals surface area contributed by atoms with Gasteiger partial charge in [-0.25, -0.2) is 0 Å². The summed E-state index contributed by atoms with van der Waals surface area (Å²) in [5.41, 5.74) is 4.94. The van der Waals surface area contributed by atoms with E-state index < -0.39 is 18.1 Å². The summed E-state index contributed by atoms with van der Waals surface area (Å²) in [7, 11) is 0. The molecule has 0 spiro atoms. The Kier molecular flexibility index (Phi) is 4.72. The number of halogens is 3. The lowest BCUT2D eigenvalue weighted by Gasteiger charge is -2.20. The molecule has 0 aromatic carbocycles. The SMILES string of the molecule is CCCc1nc(C(C)(N)CCCC(F)(F)F)no1. The van der Waals surface area contributed by atoms with Crippen LogP contribution in [0.25, 0.3) is 0 Å². The summed E-state index contributed by atoms with van der Waals surface area (Å²) in [5.74, 6) is 0.744. The highest BCUT2D eigenvalue weighted by atomic mass is 19.4. The van der Waals surface area contributed by atoms with Gasteiger partial charge < -0.3 is 10.3 Å². The Morgan fingerprint density at radius 2 is 1.94 bits per heavy atom. The molecule has 0 amide bonds. The van der Waals surface area contributed by atoms with E-state index in [4.69, 9.17) is 10.3 Å². The van der Waals surface area contributed by atoms with Crippen molar-refractivity contribution in [3.8, 4) is 0 Å². The largest absolute Gasteiger partial charge is 0.389 e. The minimum atomic E-state index is -4.15. The van der Waals surface area contributed by atoms with Crippen molar-refractivity contribution in [1.29, 1.82) is 0 Å². The molecular formula is C11H18F3N3O. The molecule has 4 nitrogen and oxygen atoms in total. The number of alkyl halides is 3. The maximum absolute atomic E-state index is 12.0. The third kappa shape index (κ3) is 4.64. The molecule has 1 aromatic heterocycles. The minimum Gasteiger partial charge on any atom is -0.339 e. The van der Waals surface area contributed by atoms with Gasteiger partial charge in [-0.15, -0.1) is 0 Å². The van der Waals surface area contributed by atoms with E-state index in [-0.39, 0.29) is 18.7 Å². The zero-order valence-electron chi connectivity index (χ0n) is 10.5. The first-order valence-electron chi connectivity index (χ1n) is 5.93. The fourth-order valence-electron chi connectivity index (χ4n) is 1.57. The predicted molar refractivity (Wildman–Crippen MR) is 59.7 cm³/mol. The highest BCUT2D eigenvalue weighted by Gasteiger charge is 2.31. The van der Waals surface area contributed by atoms with E-state index in [0.29, 0.717) is 12.3 Å². The summed E-state index contributed by atoms with van der Waals surface area (Å²) in [6.45, 7) is 3.58. The van der Waals surface area contributed by atoms with Crippen LogP contribution in [0, 0.1) is 0 Å². The van der Waals surface area contributed by atoms with Crippen LogP contribution >= 0.6 is 0 Å². The first-order chi connectivity index (χ1) is 8.24. The molecule has 104 valence electrons. The number of hydrogen-bond donors (Lipinski definition) is 1. The Hall–Kier alpha value is -1.11. The summed E-state index contributed by atoms with van der Waals surface area (Å²) in [5, 5.41) is 3.73. The molecule has 1 aromatic rings. The molecule has 1 atom stereocenters. The van der Waals surface area contributed by atoms with Crippen molar-refractivity contribution in [2.75, 3.05) is 0 Å². The molecule has 0 saturated carbocycles. The fraction of sp³-hybridized carbons (Fsp3) is 0.818. The number of aryl methyl sites for hydroxylation is 1. The molecule has 0 bridgehead atoms. The number of aromatic nitrogens is 2. The third-order valence-electron chi connectivity index (χ3n) is 2.60. The van der Waals surface area contributed by atoms with E-state index in [9.17, 15) is 13.2 Å². The first kappa shape index (κ1) is 14.9. The van der Waals surface area contributed by atoms with E-state index >= 15 is 0 Å². The van der Waals surface area contributed by atoms with Gasteiger partial charge in [0.2, 0.25) is 5.89 Å². The van der Waals surface area contributed by atoms with Crippen molar-refractivity contribution < 1.29 is 17.7 Å². The Morgan fingerprint density at radius 1 is 1.28 bits per heavy atom. The molecule has 0 aliphatic heterocycles. The summed E-state index contributed by atoms with van der Waals surface area (Å²) >= 11 is 0. The molecular weight excluding hydrogens is 247 g/mol. The number of nitrogens with zero attached hydrogens (tertiary/aromatic N) is 2. The van der Waals surface area contributed by atoms with Gasteiger partial charge in [-0.3, -0.25) is 0 Å².